The molecule has 6 heteroatoms. The van der Waals surface area contributed by atoms with Crippen LogP contribution >= 0.6 is 27.5 Å². The Kier molecular flexibility index (Phi) is 3.49. The first-order valence-corrected chi connectivity index (χ1v) is 5.99. The minimum Gasteiger partial charge on any atom is -0.411 e. The second-order valence-electron chi connectivity index (χ2n) is 3.42. The van der Waals surface area contributed by atoms with Crippen molar-refractivity contribution in [2.45, 2.75) is 6.92 Å². The second kappa shape index (κ2) is 4.89. The third kappa shape index (κ3) is 2.35. The van der Waals surface area contributed by atoms with E-state index in [0.717, 1.165) is 10.2 Å². The van der Waals surface area contributed by atoms with Crippen molar-refractivity contribution in [3.05, 3.63) is 45.1 Å². The van der Waals surface area contributed by atoms with Gasteiger partial charge in [-0.15, -0.1) is 0 Å². The van der Waals surface area contributed by atoms with Crippen molar-refractivity contribution >= 4 is 33.7 Å². The number of benzene rings is 1. The van der Waals surface area contributed by atoms with Gasteiger partial charge in [0.05, 0.1) is 23.2 Å². The largest absolute Gasteiger partial charge is 0.411 e. The maximum Gasteiger partial charge on any atom is 0.142 e. The molecule has 0 fully saturated rings. The van der Waals surface area contributed by atoms with Crippen LogP contribution in [0, 0.1) is 6.92 Å². The molecule has 17 heavy (non-hydrogen) atoms. The van der Waals surface area contributed by atoms with E-state index < -0.39 is 0 Å². The van der Waals surface area contributed by atoms with Gasteiger partial charge in [-0.2, -0.15) is 5.10 Å². The van der Waals surface area contributed by atoms with Crippen LogP contribution in [0.5, 0.6) is 0 Å². The van der Waals surface area contributed by atoms with Gasteiger partial charge in [0.15, 0.2) is 0 Å². The number of hydrogen-bond donors (Lipinski definition) is 1. The summed E-state index contributed by atoms with van der Waals surface area (Å²) in [7, 11) is 0. The zero-order chi connectivity index (χ0) is 12.4. The van der Waals surface area contributed by atoms with E-state index in [1.165, 1.54) is 6.21 Å². The van der Waals surface area contributed by atoms with Crippen molar-refractivity contribution in [3.63, 3.8) is 0 Å². The fourth-order valence-corrected chi connectivity index (χ4v) is 2.05. The highest BCUT2D eigenvalue weighted by molar-refractivity contribution is 9.10. The van der Waals surface area contributed by atoms with Crippen molar-refractivity contribution in [2.75, 3.05) is 0 Å². The van der Waals surface area contributed by atoms with Gasteiger partial charge in [-0.1, -0.05) is 32.7 Å². The standard InChI is InChI=1S/C11H9BrClN3O/c1-7-10(6-14-17)11(13)16(15-7)9-4-2-8(12)3-5-9/h2-6,17H,1H3. The highest BCUT2D eigenvalue weighted by Gasteiger charge is 2.12. The van der Waals surface area contributed by atoms with Gasteiger partial charge in [0.2, 0.25) is 0 Å². The van der Waals surface area contributed by atoms with Crippen molar-refractivity contribution in [3.8, 4) is 5.69 Å². The van der Waals surface area contributed by atoms with Gasteiger partial charge >= 0.3 is 0 Å². The molecule has 0 aliphatic rings. The summed E-state index contributed by atoms with van der Waals surface area (Å²) in [6.45, 7) is 1.80. The molecule has 0 saturated carbocycles. The summed E-state index contributed by atoms with van der Waals surface area (Å²) in [4.78, 5) is 0. The molecule has 1 heterocycles. The third-order valence-corrected chi connectivity index (χ3v) is 3.20. The van der Waals surface area contributed by atoms with E-state index in [-0.39, 0.29) is 0 Å². The molecule has 0 radical (unpaired) electrons. The Hall–Kier alpha value is -1.33. The number of hydrogen-bond acceptors (Lipinski definition) is 3. The summed E-state index contributed by atoms with van der Waals surface area (Å²) in [5, 5.41) is 16.2. The lowest BCUT2D eigenvalue weighted by Gasteiger charge is -2.02. The Morgan fingerprint density at radius 2 is 2.06 bits per heavy atom. The predicted molar refractivity (Wildman–Crippen MR) is 70.4 cm³/mol. The number of rotatable bonds is 2. The smallest absolute Gasteiger partial charge is 0.142 e. The maximum absolute atomic E-state index is 8.55. The molecule has 4 nitrogen and oxygen atoms in total. The van der Waals surface area contributed by atoms with Gasteiger partial charge in [0, 0.05) is 4.47 Å². The van der Waals surface area contributed by atoms with E-state index in [0.29, 0.717) is 16.4 Å². The van der Waals surface area contributed by atoms with E-state index in [1.807, 2.05) is 24.3 Å². The van der Waals surface area contributed by atoms with Gasteiger partial charge in [0.1, 0.15) is 5.15 Å². The van der Waals surface area contributed by atoms with Crippen LogP contribution in [0.3, 0.4) is 0 Å². The van der Waals surface area contributed by atoms with Crippen molar-refractivity contribution < 1.29 is 5.21 Å². The van der Waals surface area contributed by atoms with Crippen LogP contribution in [0.2, 0.25) is 5.15 Å². The van der Waals surface area contributed by atoms with Gasteiger partial charge in [-0.3, -0.25) is 0 Å². The number of halogens is 2. The monoisotopic (exact) mass is 313 g/mol. The molecule has 0 unspecified atom stereocenters. The third-order valence-electron chi connectivity index (χ3n) is 2.31. The van der Waals surface area contributed by atoms with Crippen LogP contribution in [-0.4, -0.2) is 21.2 Å². The summed E-state index contributed by atoms with van der Waals surface area (Å²) in [5.74, 6) is 0. The van der Waals surface area contributed by atoms with Crippen LogP contribution in [0.15, 0.2) is 33.9 Å². The lowest BCUT2D eigenvalue weighted by molar-refractivity contribution is 0.322. The minimum absolute atomic E-state index is 0.419. The highest BCUT2D eigenvalue weighted by Crippen LogP contribution is 2.23. The number of nitrogens with zero attached hydrogens (tertiary/aromatic N) is 3. The fourth-order valence-electron chi connectivity index (χ4n) is 1.47. The van der Waals surface area contributed by atoms with Gasteiger partial charge in [-0.05, 0) is 31.2 Å². The molecule has 1 aromatic carbocycles. The van der Waals surface area contributed by atoms with Gasteiger partial charge in [-0.25, -0.2) is 4.68 Å². The molecule has 1 N–H and O–H groups in total. The highest BCUT2D eigenvalue weighted by atomic mass is 79.9. The fraction of sp³-hybridized carbons (Fsp3) is 0.0909. The Bertz CT molecular complexity index is 563. The van der Waals surface area contributed by atoms with Crippen LogP contribution in [0.1, 0.15) is 11.3 Å². The number of aromatic nitrogens is 2. The Labute approximate surface area is 112 Å². The summed E-state index contributed by atoms with van der Waals surface area (Å²) in [6.07, 6.45) is 1.28. The zero-order valence-electron chi connectivity index (χ0n) is 8.93. The summed E-state index contributed by atoms with van der Waals surface area (Å²) >= 11 is 9.53. The average molecular weight is 315 g/mol. The molecule has 0 atom stereocenters. The van der Waals surface area contributed by atoms with E-state index in [2.05, 4.69) is 26.2 Å². The first-order valence-electron chi connectivity index (χ1n) is 4.82. The Balaban J connectivity index is 2.53. The molecule has 0 amide bonds. The van der Waals surface area contributed by atoms with Crippen LogP contribution in [-0.2, 0) is 0 Å². The minimum atomic E-state index is 0.419. The van der Waals surface area contributed by atoms with Crippen LogP contribution < -0.4 is 0 Å². The van der Waals surface area contributed by atoms with Crippen LogP contribution in [0.25, 0.3) is 5.69 Å². The first kappa shape index (κ1) is 12.1. The first-order chi connectivity index (χ1) is 8.13. The predicted octanol–water partition coefficient (Wildman–Crippen LogP) is 3.40. The lowest BCUT2D eigenvalue weighted by Crippen LogP contribution is -1.96. The average Bonchev–Trinajstić information content (AvgIpc) is 2.59. The summed E-state index contributed by atoms with van der Waals surface area (Å²) < 4.78 is 2.58. The van der Waals surface area contributed by atoms with E-state index >= 15 is 0 Å². The molecular formula is C11H9BrClN3O. The molecule has 1 aromatic heterocycles. The van der Waals surface area contributed by atoms with E-state index in [4.69, 9.17) is 16.8 Å². The van der Waals surface area contributed by atoms with Gasteiger partial charge < -0.3 is 5.21 Å². The molecule has 88 valence electrons. The van der Waals surface area contributed by atoms with Crippen molar-refractivity contribution in [1.29, 1.82) is 0 Å². The molecule has 0 spiro atoms. The quantitative estimate of drug-likeness (QED) is 0.525. The van der Waals surface area contributed by atoms with E-state index in [9.17, 15) is 0 Å². The lowest BCUT2D eigenvalue weighted by atomic mass is 10.3. The molecule has 2 aromatic rings. The molecule has 0 aliphatic carbocycles. The summed E-state index contributed by atoms with van der Waals surface area (Å²) in [5.41, 5.74) is 2.16. The summed E-state index contributed by atoms with van der Waals surface area (Å²) in [6, 6.07) is 7.59. The van der Waals surface area contributed by atoms with Gasteiger partial charge in [0.25, 0.3) is 0 Å². The van der Waals surface area contributed by atoms with Crippen molar-refractivity contribution in [2.24, 2.45) is 5.16 Å². The second-order valence-corrected chi connectivity index (χ2v) is 4.70. The normalized spacial score (nSPS) is 11.2. The maximum atomic E-state index is 8.55. The SMILES string of the molecule is Cc1nn(-c2ccc(Br)cc2)c(Cl)c1C=NO. The van der Waals surface area contributed by atoms with Crippen molar-refractivity contribution in [1.82, 2.24) is 9.78 Å². The molecule has 0 saturated heterocycles. The Morgan fingerprint density at radius 3 is 2.65 bits per heavy atom. The molecule has 0 aliphatic heterocycles. The van der Waals surface area contributed by atoms with Crippen LogP contribution in [0.4, 0.5) is 0 Å². The topological polar surface area (TPSA) is 50.4 Å². The Morgan fingerprint density at radius 1 is 1.41 bits per heavy atom. The number of oxime groups is 1. The molecule has 2 rings (SSSR count). The van der Waals surface area contributed by atoms with E-state index in [1.54, 1.807) is 11.6 Å². The zero-order valence-corrected chi connectivity index (χ0v) is 11.3. The molecule has 0 bridgehead atoms. The number of aryl methyl sites for hydroxylation is 1. The molecular weight excluding hydrogens is 305 g/mol.